The number of nitrogens with one attached hydrogen (secondary N) is 2. The fraction of sp³-hybridized carbons (Fsp3) is 0.444. The van der Waals surface area contributed by atoms with Gasteiger partial charge in [0.1, 0.15) is 11.5 Å². The van der Waals surface area contributed by atoms with E-state index in [1.54, 1.807) is 24.7 Å². The van der Waals surface area contributed by atoms with Crippen LogP contribution in [0, 0.1) is 11.8 Å². The monoisotopic (exact) mass is 330 g/mol. The molecule has 0 saturated heterocycles. The molecule has 1 saturated carbocycles. The molecule has 1 aliphatic carbocycles. The van der Waals surface area contributed by atoms with E-state index in [0.29, 0.717) is 13.1 Å². The number of hydrogen-bond donors (Lipinski definition) is 2. The lowest BCUT2D eigenvalue weighted by Crippen LogP contribution is -2.37. The van der Waals surface area contributed by atoms with Gasteiger partial charge >= 0.3 is 0 Å². The summed E-state index contributed by atoms with van der Waals surface area (Å²) < 4.78 is 10.4. The molecule has 128 valence electrons. The molecule has 0 aromatic carbocycles. The summed E-state index contributed by atoms with van der Waals surface area (Å²) in [5.41, 5.74) is 0. The van der Waals surface area contributed by atoms with Gasteiger partial charge in [-0.1, -0.05) is 0 Å². The van der Waals surface area contributed by atoms with Gasteiger partial charge in [-0.05, 0) is 49.9 Å². The van der Waals surface area contributed by atoms with Gasteiger partial charge in [-0.3, -0.25) is 9.59 Å². The van der Waals surface area contributed by atoms with Crippen molar-refractivity contribution in [3.05, 3.63) is 48.3 Å². The van der Waals surface area contributed by atoms with E-state index in [4.69, 9.17) is 8.83 Å². The molecular formula is C18H22N2O4. The van der Waals surface area contributed by atoms with Crippen LogP contribution in [0.5, 0.6) is 0 Å². The molecule has 0 atom stereocenters. The Labute approximate surface area is 140 Å². The molecule has 1 fully saturated rings. The first kappa shape index (κ1) is 16.4. The SMILES string of the molecule is O=C(NCc1ccco1)C1CCC(C(=O)NCc2ccco2)CC1. The topological polar surface area (TPSA) is 84.5 Å². The van der Waals surface area contributed by atoms with E-state index in [1.807, 2.05) is 12.1 Å². The highest BCUT2D eigenvalue weighted by Gasteiger charge is 2.29. The van der Waals surface area contributed by atoms with Crippen molar-refractivity contribution in [2.45, 2.75) is 38.8 Å². The molecule has 2 aromatic heterocycles. The van der Waals surface area contributed by atoms with E-state index < -0.39 is 0 Å². The Morgan fingerprint density at radius 3 is 1.58 bits per heavy atom. The van der Waals surface area contributed by atoms with E-state index in [9.17, 15) is 9.59 Å². The summed E-state index contributed by atoms with van der Waals surface area (Å²) in [6.45, 7) is 0.824. The summed E-state index contributed by atoms with van der Waals surface area (Å²) in [6.07, 6.45) is 6.14. The largest absolute Gasteiger partial charge is 0.467 e. The lowest BCUT2D eigenvalue weighted by atomic mass is 9.81. The number of rotatable bonds is 6. The van der Waals surface area contributed by atoms with Crippen molar-refractivity contribution in [2.24, 2.45) is 11.8 Å². The van der Waals surface area contributed by atoms with Crippen LogP contribution in [-0.2, 0) is 22.7 Å². The molecular weight excluding hydrogens is 308 g/mol. The molecule has 2 aromatic rings. The molecule has 2 amide bonds. The lowest BCUT2D eigenvalue weighted by Gasteiger charge is -2.26. The number of hydrogen-bond acceptors (Lipinski definition) is 4. The Morgan fingerprint density at radius 2 is 1.25 bits per heavy atom. The minimum absolute atomic E-state index is 0.0194. The standard InChI is InChI=1S/C18H22N2O4/c21-17(19-11-15-3-1-9-23-15)13-5-7-14(8-6-13)18(22)20-12-16-4-2-10-24-16/h1-4,9-10,13-14H,5-8,11-12H2,(H,19,21)(H,20,22). The third kappa shape index (κ3) is 4.28. The zero-order valence-electron chi connectivity index (χ0n) is 13.5. The van der Waals surface area contributed by atoms with Gasteiger partial charge in [-0.15, -0.1) is 0 Å². The van der Waals surface area contributed by atoms with Gasteiger partial charge in [-0.2, -0.15) is 0 Å². The number of carbonyl (C=O) groups is 2. The van der Waals surface area contributed by atoms with E-state index >= 15 is 0 Å². The minimum atomic E-state index is -0.0194. The number of amides is 2. The fourth-order valence-corrected chi connectivity index (χ4v) is 3.08. The smallest absolute Gasteiger partial charge is 0.223 e. The third-order valence-electron chi connectivity index (χ3n) is 4.50. The lowest BCUT2D eigenvalue weighted by molar-refractivity contribution is -0.130. The molecule has 6 heteroatoms. The molecule has 1 aliphatic rings. The summed E-state index contributed by atoms with van der Waals surface area (Å²) >= 11 is 0. The molecule has 0 radical (unpaired) electrons. The maximum atomic E-state index is 12.2. The van der Waals surface area contributed by atoms with Gasteiger partial charge < -0.3 is 19.5 Å². The minimum Gasteiger partial charge on any atom is -0.467 e. The van der Waals surface area contributed by atoms with E-state index in [0.717, 1.165) is 37.2 Å². The first-order valence-corrected chi connectivity index (χ1v) is 8.32. The molecule has 0 aliphatic heterocycles. The molecule has 2 N–H and O–H groups in total. The Balaban J connectivity index is 1.38. The quantitative estimate of drug-likeness (QED) is 0.852. The molecule has 0 unspecified atom stereocenters. The third-order valence-corrected chi connectivity index (χ3v) is 4.50. The summed E-state index contributed by atoms with van der Waals surface area (Å²) in [5, 5.41) is 5.79. The van der Waals surface area contributed by atoms with Gasteiger partial charge in [0.2, 0.25) is 11.8 Å². The van der Waals surface area contributed by atoms with Gasteiger partial charge in [0.05, 0.1) is 25.6 Å². The second-order valence-electron chi connectivity index (χ2n) is 6.14. The highest BCUT2D eigenvalue weighted by molar-refractivity contribution is 5.81. The van der Waals surface area contributed by atoms with E-state index in [-0.39, 0.29) is 23.7 Å². The van der Waals surface area contributed by atoms with Crippen molar-refractivity contribution >= 4 is 11.8 Å². The Kier molecular flexibility index (Phi) is 5.36. The van der Waals surface area contributed by atoms with Crippen molar-refractivity contribution < 1.29 is 18.4 Å². The Bertz CT molecular complexity index is 582. The summed E-state index contributed by atoms with van der Waals surface area (Å²) in [4.78, 5) is 24.4. The van der Waals surface area contributed by atoms with Gasteiger partial charge in [0, 0.05) is 11.8 Å². The van der Waals surface area contributed by atoms with Crippen LogP contribution in [0.3, 0.4) is 0 Å². The summed E-state index contributed by atoms with van der Waals surface area (Å²) in [6, 6.07) is 7.27. The molecule has 0 bridgehead atoms. The van der Waals surface area contributed by atoms with Crippen molar-refractivity contribution in [1.82, 2.24) is 10.6 Å². The zero-order chi connectivity index (χ0) is 16.8. The van der Waals surface area contributed by atoms with Crippen molar-refractivity contribution in [3.8, 4) is 0 Å². The fourth-order valence-electron chi connectivity index (χ4n) is 3.08. The van der Waals surface area contributed by atoms with E-state index in [1.165, 1.54) is 0 Å². The van der Waals surface area contributed by atoms with Crippen LogP contribution in [0.15, 0.2) is 45.6 Å². The van der Waals surface area contributed by atoms with Gasteiger partial charge in [0.15, 0.2) is 0 Å². The van der Waals surface area contributed by atoms with Crippen LogP contribution >= 0.6 is 0 Å². The van der Waals surface area contributed by atoms with Gasteiger partial charge in [-0.25, -0.2) is 0 Å². The van der Waals surface area contributed by atoms with Crippen LogP contribution in [0.25, 0.3) is 0 Å². The van der Waals surface area contributed by atoms with Crippen molar-refractivity contribution in [1.29, 1.82) is 0 Å². The second-order valence-corrected chi connectivity index (χ2v) is 6.14. The van der Waals surface area contributed by atoms with Crippen LogP contribution < -0.4 is 10.6 Å². The Morgan fingerprint density at radius 1 is 0.833 bits per heavy atom. The summed E-state index contributed by atoms with van der Waals surface area (Å²) in [5.74, 6) is 1.54. The van der Waals surface area contributed by atoms with Gasteiger partial charge in [0.25, 0.3) is 0 Å². The maximum Gasteiger partial charge on any atom is 0.223 e. The highest BCUT2D eigenvalue weighted by Crippen LogP contribution is 2.29. The first-order chi connectivity index (χ1) is 11.7. The van der Waals surface area contributed by atoms with Crippen LogP contribution in [0.1, 0.15) is 37.2 Å². The van der Waals surface area contributed by atoms with Crippen molar-refractivity contribution in [3.63, 3.8) is 0 Å². The molecule has 6 nitrogen and oxygen atoms in total. The average Bonchev–Trinajstić information content (AvgIpc) is 3.31. The van der Waals surface area contributed by atoms with E-state index in [2.05, 4.69) is 10.6 Å². The second kappa shape index (κ2) is 7.86. The average molecular weight is 330 g/mol. The summed E-state index contributed by atoms with van der Waals surface area (Å²) in [7, 11) is 0. The molecule has 3 rings (SSSR count). The van der Waals surface area contributed by atoms with Crippen LogP contribution in [0.2, 0.25) is 0 Å². The predicted molar refractivity (Wildman–Crippen MR) is 86.6 cm³/mol. The molecule has 24 heavy (non-hydrogen) atoms. The molecule has 2 heterocycles. The predicted octanol–water partition coefficient (Wildman–Crippen LogP) is 2.61. The number of carbonyl (C=O) groups excluding carboxylic acids is 2. The van der Waals surface area contributed by atoms with Crippen molar-refractivity contribution in [2.75, 3.05) is 0 Å². The first-order valence-electron chi connectivity index (χ1n) is 8.32. The number of furan rings is 2. The maximum absolute atomic E-state index is 12.2. The Hall–Kier alpha value is -2.50. The normalized spacial score (nSPS) is 20.5. The van der Waals surface area contributed by atoms with Crippen LogP contribution in [0.4, 0.5) is 0 Å². The van der Waals surface area contributed by atoms with Crippen LogP contribution in [-0.4, -0.2) is 11.8 Å². The highest BCUT2D eigenvalue weighted by atomic mass is 16.3. The zero-order valence-corrected chi connectivity index (χ0v) is 13.5. The molecule has 0 spiro atoms.